The van der Waals surface area contributed by atoms with Crippen molar-refractivity contribution < 1.29 is 4.79 Å². The van der Waals surface area contributed by atoms with E-state index in [2.05, 4.69) is 37.1 Å². The fourth-order valence-electron chi connectivity index (χ4n) is 4.46. The number of carbonyl (C=O) groups excluding carboxylic acids is 1. The minimum Gasteiger partial charge on any atom is -0.397 e. The summed E-state index contributed by atoms with van der Waals surface area (Å²) in [4.78, 5) is 30.9. The number of rotatable bonds is 6. The number of hydrogen-bond acceptors (Lipinski definition) is 7. The summed E-state index contributed by atoms with van der Waals surface area (Å²) in [6.07, 6.45) is 6.38. The lowest BCUT2D eigenvalue weighted by Crippen LogP contribution is -2.28. The number of nitrogen functional groups attached to an aromatic ring is 1. The fourth-order valence-corrected chi connectivity index (χ4v) is 4.46. The second-order valence-corrected chi connectivity index (χ2v) is 9.39. The number of benzene rings is 2. The first-order valence-corrected chi connectivity index (χ1v) is 12.5. The maximum Gasteiger partial charge on any atom is 0.255 e. The molecule has 8 nitrogen and oxygen atoms in total. The van der Waals surface area contributed by atoms with Crippen LogP contribution in [0.2, 0.25) is 0 Å². The van der Waals surface area contributed by atoms with Gasteiger partial charge in [-0.15, -0.1) is 0 Å². The number of aromatic nitrogens is 3. The van der Waals surface area contributed by atoms with Crippen molar-refractivity contribution in [3.8, 4) is 22.6 Å². The van der Waals surface area contributed by atoms with Gasteiger partial charge in [0, 0.05) is 54.9 Å². The van der Waals surface area contributed by atoms with Crippen LogP contribution in [-0.2, 0) is 6.54 Å². The van der Waals surface area contributed by atoms with E-state index in [-0.39, 0.29) is 5.91 Å². The third-order valence-electron chi connectivity index (χ3n) is 6.61. The summed E-state index contributed by atoms with van der Waals surface area (Å²) in [6.45, 7) is 5.29. The zero-order chi connectivity index (χ0) is 25.6. The number of nitrogens with two attached hydrogens (primary N) is 1. The molecule has 3 N–H and O–H groups in total. The van der Waals surface area contributed by atoms with Crippen molar-refractivity contribution in [2.24, 2.45) is 0 Å². The Kier molecular flexibility index (Phi) is 7.49. The van der Waals surface area contributed by atoms with Crippen molar-refractivity contribution in [1.82, 2.24) is 24.8 Å². The zero-order valence-corrected chi connectivity index (χ0v) is 21.0. The van der Waals surface area contributed by atoms with Crippen LogP contribution in [-0.4, -0.2) is 63.9 Å². The molecule has 37 heavy (non-hydrogen) atoms. The molecule has 1 fully saturated rings. The molecule has 1 aliphatic heterocycles. The lowest BCUT2D eigenvalue weighted by atomic mass is 10.1. The molecule has 3 heterocycles. The molecule has 188 valence electrons. The van der Waals surface area contributed by atoms with Gasteiger partial charge in [0.1, 0.15) is 0 Å². The van der Waals surface area contributed by atoms with Crippen molar-refractivity contribution in [3.63, 3.8) is 0 Å². The van der Waals surface area contributed by atoms with Gasteiger partial charge in [0.15, 0.2) is 5.82 Å². The van der Waals surface area contributed by atoms with Crippen LogP contribution in [0.5, 0.6) is 0 Å². The highest BCUT2D eigenvalue weighted by atomic mass is 16.1. The van der Waals surface area contributed by atoms with Gasteiger partial charge in [-0.2, -0.15) is 0 Å². The maximum absolute atomic E-state index is 12.9. The van der Waals surface area contributed by atoms with Gasteiger partial charge >= 0.3 is 0 Å². The molecule has 2 aromatic carbocycles. The molecular formula is C29H31N7O. The number of anilines is 2. The number of nitrogens with zero attached hydrogens (tertiary/aromatic N) is 5. The molecule has 4 aromatic rings. The van der Waals surface area contributed by atoms with Gasteiger partial charge < -0.3 is 16.0 Å². The Morgan fingerprint density at radius 1 is 0.973 bits per heavy atom. The number of amides is 1. The smallest absolute Gasteiger partial charge is 0.255 e. The Morgan fingerprint density at radius 3 is 2.62 bits per heavy atom. The Bertz CT molecular complexity index is 1360. The summed E-state index contributed by atoms with van der Waals surface area (Å²) in [5.74, 6) is 0.356. The predicted octanol–water partition coefficient (Wildman–Crippen LogP) is 4.18. The summed E-state index contributed by atoms with van der Waals surface area (Å²) in [5, 5.41) is 2.93. The van der Waals surface area contributed by atoms with Crippen molar-refractivity contribution in [3.05, 3.63) is 90.4 Å². The first-order chi connectivity index (χ1) is 18.0. The maximum atomic E-state index is 12.9. The molecule has 0 spiro atoms. The molecule has 1 saturated heterocycles. The van der Waals surface area contributed by atoms with E-state index in [0.29, 0.717) is 22.8 Å². The molecule has 5 rings (SSSR count). The molecule has 8 heteroatoms. The van der Waals surface area contributed by atoms with Gasteiger partial charge in [-0.3, -0.25) is 14.7 Å². The molecule has 0 atom stereocenters. The van der Waals surface area contributed by atoms with Crippen molar-refractivity contribution in [1.29, 1.82) is 0 Å². The standard InChI is InChI=1S/C29H31N7O/c1-35-14-3-15-36(17-16-35)20-21-5-7-22(8-6-21)29(37)34-27-10-9-23(18-25(27)30)28-32-13-11-26(33-28)24-4-2-12-31-19-24/h2,4-13,18-19H,3,14-17,20,30H2,1H3,(H,34,37). The van der Waals surface area contributed by atoms with Gasteiger partial charge in [-0.25, -0.2) is 9.97 Å². The van der Waals surface area contributed by atoms with Crippen LogP contribution in [0.15, 0.2) is 79.3 Å². The van der Waals surface area contributed by atoms with E-state index in [1.54, 1.807) is 30.7 Å². The lowest BCUT2D eigenvalue weighted by Gasteiger charge is -2.20. The molecule has 1 amide bonds. The first-order valence-electron chi connectivity index (χ1n) is 12.5. The minimum absolute atomic E-state index is 0.197. The highest BCUT2D eigenvalue weighted by Gasteiger charge is 2.14. The summed E-state index contributed by atoms with van der Waals surface area (Å²) in [5.41, 5.74) is 11.6. The Balaban J connectivity index is 1.24. The highest BCUT2D eigenvalue weighted by molar-refractivity contribution is 6.06. The van der Waals surface area contributed by atoms with E-state index in [9.17, 15) is 4.79 Å². The van der Waals surface area contributed by atoms with Gasteiger partial charge in [-0.05, 0) is 80.7 Å². The number of carbonyl (C=O) groups is 1. The fraction of sp³-hybridized carbons (Fsp3) is 0.241. The average molecular weight is 494 g/mol. The third-order valence-corrected chi connectivity index (χ3v) is 6.61. The van der Waals surface area contributed by atoms with E-state index in [1.807, 2.05) is 48.5 Å². The molecule has 0 aliphatic carbocycles. The van der Waals surface area contributed by atoms with E-state index in [4.69, 9.17) is 5.73 Å². The lowest BCUT2D eigenvalue weighted by molar-refractivity contribution is 0.102. The summed E-state index contributed by atoms with van der Waals surface area (Å²) in [7, 11) is 2.17. The van der Waals surface area contributed by atoms with Crippen LogP contribution >= 0.6 is 0 Å². The topological polar surface area (TPSA) is 100 Å². The van der Waals surface area contributed by atoms with Gasteiger partial charge in [0.2, 0.25) is 0 Å². The normalized spacial score (nSPS) is 14.7. The van der Waals surface area contributed by atoms with E-state index < -0.39 is 0 Å². The Labute approximate surface area is 217 Å². The van der Waals surface area contributed by atoms with E-state index >= 15 is 0 Å². The molecule has 0 radical (unpaired) electrons. The Morgan fingerprint density at radius 2 is 1.84 bits per heavy atom. The molecule has 0 bridgehead atoms. The van der Waals surface area contributed by atoms with Gasteiger partial charge in [-0.1, -0.05) is 12.1 Å². The quantitative estimate of drug-likeness (QED) is 0.389. The first kappa shape index (κ1) is 24.5. The number of nitrogens with one attached hydrogen (secondary N) is 1. The number of hydrogen-bond donors (Lipinski definition) is 2. The summed E-state index contributed by atoms with van der Waals surface area (Å²) in [6, 6.07) is 18.9. The average Bonchev–Trinajstić information content (AvgIpc) is 3.14. The van der Waals surface area contributed by atoms with E-state index in [1.165, 1.54) is 12.0 Å². The third kappa shape index (κ3) is 6.17. The summed E-state index contributed by atoms with van der Waals surface area (Å²) >= 11 is 0. The predicted molar refractivity (Wildman–Crippen MR) is 147 cm³/mol. The van der Waals surface area contributed by atoms with Gasteiger partial charge in [0.25, 0.3) is 5.91 Å². The van der Waals surface area contributed by atoms with Gasteiger partial charge in [0.05, 0.1) is 17.1 Å². The summed E-state index contributed by atoms with van der Waals surface area (Å²) < 4.78 is 0. The van der Waals surface area contributed by atoms with Crippen LogP contribution in [0.4, 0.5) is 11.4 Å². The number of pyridine rings is 1. The van der Waals surface area contributed by atoms with Crippen LogP contribution in [0.1, 0.15) is 22.3 Å². The molecule has 0 saturated carbocycles. The monoisotopic (exact) mass is 493 g/mol. The van der Waals surface area contributed by atoms with Crippen LogP contribution in [0.25, 0.3) is 22.6 Å². The second-order valence-electron chi connectivity index (χ2n) is 9.39. The van der Waals surface area contributed by atoms with Crippen molar-refractivity contribution in [2.45, 2.75) is 13.0 Å². The largest absolute Gasteiger partial charge is 0.397 e. The van der Waals surface area contributed by atoms with Crippen LogP contribution < -0.4 is 11.1 Å². The number of likely N-dealkylation sites (N-methyl/N-ethyl adjacent to an activating group) is 1. The molecule has 1 aliphatic rings. The van der Waals surface area contributed by atoms with Crippen LogP contribution in [0, 0.1) is 0 Å². The second kappa shape index (κ2) is 11.3. The SMILES string of the molecule is CN1CCCN(Cc2ccc(C(=O)Nc3ccc(-c4nccc(-c5cccnc5)n4)cc3N)cc2)CC1. The molecule has 0 unspecified atom stereocenters. The zero-order valence-electron chi connectivity index (χ0n) is 21.0. The Hall–Kier alpha value is -4.14. The van der Waals surface area contributed by atoms with E-state index in [0.717, 1.165) is 49.5 Å². The molecule has 2 aromatic heterocycles. The highest BCUT2D eigenvalue weighted by Crippen LogP contribution is 2.27. The van der Waals surface area contributed by atoms with Crippen molar-refractivity contribution in [2.75, 3.05) is 44.3 Å². The molecular weight excluding hydrogens is 462 g/mol. The van der Waals surface area contributed by atoms with Crippen LogP contribution in [0.3, 0.4) is 0 Å². The minimum atomic E-state index is -0.197. The van der Waals surface area contributed by atoms with Crippen molar-refractivity contribution >= 4 is 17.3 Å².